The van der Waals surface area contributed by atoms with Crippen LogP contribution in [0.5, 0.6) is 0 Å². The maximum Gasteiger partial charge on any atom is 0.338 e. The first-order valence-corrected chi connectivity index (χ1v) is 11.3. The summed E-state index contributed by atoms with van der Waals surface area (Å²) in [5.41, 5.74) is 9.06. The second kappa shape index (κ2) is 10.0. The minimum Gasteiger partial charge on any atom is -0.383 e. The van der Waals surface area contributed by atoms with E-state index in [-0.39, 0.29) is 18.7 Å². The molecule has 0 atom stereocenters. The molecule has 2 aromatic carbocycles. The Kier molecular flexibility index (Phi) is 6.84. The van der Waals surface area contributed by atoms with Crippen LogP contribution in [0.25, 0.3) is 11.8 Å². The zero-order valence-corrected chi connectivity index (χ0v) is 20.2. The van der Waals surface area contributed by atoms with Gasteiger partial charge < -0.3 is 15.0 Å². The second-order valence-corrected chi connectivity index (χ2v) is 8.34. The number of hydrogen-bond acceptors (Lipinski definition) is 5. The van der Waals surface area contributed by atoms with E-state index in [2.05, 4.69) is 0 Å². The van der Waals surface area contributed by atoms with Crippen LogP contribution in [0, 0.1) is 13.8 Å². The molecular formula is C27H26N4O5. The van der Waals surface area contributed by atoms with Crippen molar-refractivity contribution in [3.8, 4) is 5.69 Å². The predicted molar refractivity (Wildman–Crippen MR) is 135 cm³/mol. The first-order valence-electron chi connectivity index (χ1n) is 11.3. The fraction of sp³-hybridized carbons (Fsp3) is 0.185. The van der Waals surface area contributed by atoms with Gasteiger partial charge in [0, 0.05) is 29.7 Å². The molecule has 1 saturated heterocycles. The van der Waals surface area contributed by atoms with Crippen LogP contribution in [0.1, 0.15) is 27.3 Å². The van der Waals surface area contributed by atoms with Crippen molar-refractivity contribution < 1.29 is 23.9 Å². The van der Waals surface area contributed by atoms with Gasteiger partial charge >= 0.3 is 6.03 Å². The Balaban J connectivity index is 1.78. The normalized spacial score (nSPS) is 15.2. The van der Waals surface area contributed by atoms with Crippen molar-refractivity contribution in [3.05, 3.63) is 88.8 Å². The Bertz CT molecular complexity index is 1370. The van der Waals surface area contributed by atoms with Crippen molar-refractivity contribution in [3.63, 3.8) is 0 Å². The van der Waals surface area contributed by atoms with E-state index >= 15 is 0 Å². The summed E-state index contributed by atoms with van der Waals surface area (Å²) in [6.45, 7) is 3.90. The van der Waals surface area contributed by atoms with Crippen molar-refractivity contribution in [2.24, 2.45) is 5.73 Å². The van der Waals surface area contributed by atoms with E-state index in [1.165, 1.54) is 13.2 Å². The van der Waals surface area contributed by atoms with Crippen molar-refractivity contribution in [2.75, 3.05) is 25.2 Å². The quantitative estimate of drug-likeness (QED) is 0.407. The van der Waals surface area contributed by atoms with Crippen LogP contribution in [0.2, 0.25) is 0 Å². The summed E-state index contributed by atoms with van der Waals surface area (Å²) in [4.78, 5) is 53.3. The summed E-state index contributed by atoms with van der Waals surface area (Å²) >= 11 is 0. The maximum absolute atomic E-state index is 13.5. The average Bonchev–Trinajstić information content (AvgIpc) is 3.15. The summed E-state index contributed by atoms with van der Waals surface area (Å²) in [6.07, 6.45) is 1.52. The molecule has 4 rings (SSSR count). The standard InChI is InChI=1S/C27H26N4O5/c1-17-15-20(18(2)30(17)22-11-9-19(10-12-22)24(28)32)16-23-25(33)29(13-14-36-3)27(35)31(26(23)34)21-7-5-4-6-8-21/h4-12,15-16H,13-14H2,1-3H3,(H2,28,32)/b23-16-. The number of rotatable bonds is 7. The van der Waals surface area contributed by atoms with Gasteiger partial charge in [-0.15, -0.1) is 0 Å². The van der Waals surface area contributed by atoms with Gasteiger partial charge in [-0.3, -0.25) is 19.3 Å². The summed E-state index contributed by atoms with van der Waals surface area (Å²) in [5, 5.41) is 0. The number of carbonyl (C=O) groups excluding carboxylic acids is 4. The highest BCUT2D eigenvalue weighted by Gasteiger charge is 2.42. The lowest BCUT2D eigenvalue weighted by atomic mass is 10.1. The number of methoxy groups -OCH3 is 1. The van der Waals surface area contributed by atoms with E-state index in [9.17, 15) is 19.2 Å². The number of aryl methyl sites for hydroxylation is 1. The van der Waals surface area contributed by atoms with E-state index < -0.39 is 23.8 Å². The third kappa shape index (κ3) is 4.44. The van der Waals surface area contributed by atoms with E-state index in [1.807, 2.05) is 24.5 Å². The molecule has 2 N–H and O–H groups in total. The summed E-state index contributed by atoms with van der Waals surface area (Å²) in [5.74, 6) is -1.89. The number of hydrogen-bond donors (Lipinski definition) is 1. The highest BCUT2D eigenvalue weighted by atomic mass is 16.5. The zero-order valence-electron chi connectivity index (χ0n) is 20.2. The van der Waals surface area contributed by atoms with E-state index in [0.717, 1.165) is 26.9 Å². The van der Waals surface area contributed by atoms with Crippen molar-refractivity contribution >= 4 is 35.5 Å². The number of aromatic nitrogens is 1. The van der Waals surface area contributed by atoms with Crippen molar-refractivity contribution in [2.45, 2.75) is 13.8 Å². The SMILES string of the molecule is COCCN1C(=O)/C(=C/c2cc(C)n(-c3ccc(C(N)=O)cc3)c2C)C(=O)N(c2ccccc2)C1=O. The number of primary amides is 1. The van der Waals surface area contributed by atoms with Gasteiger partial charge in [-0.05, 0) is 68.0 Å². The molecule has 1 aliphatic heterocycles. The van der Waals surface area contributed by atoms with Gasteiger partial charge in [0.25, 0.3) is 11.8 Å². The molecule has 0 spiro atoms. The molecule has 1 fully saturated rings. The third-order valence-corrected chi connectivity index (χ3v) is 6.04. The van der Waals surface area contributed by atoms with Crippen LogP contribution in [0.3, 0.4) is 0 Å². The number of ether oxygens (including phenoxy) is 1. The molecular weight excluding hydrogens is 460 g/mol. The first-order chi connectivity index (χ1) is 17.2. The lowest BCUT2D eigenvalue weighted by Crippen LogP contribution is -2.57. The fourth-order valence-electron chi connectivity index (χ4n) is 4.22. The minimum atomic E-state index is -0.717. The predicted octanol–water partition coefficient (Wildman–Crippen LogP) is 3.22. The maximum atomic E-state index is 13.5. The van der Waals surface area contributed by atoms with Crippen LogP contribution < -0.4 is 10.6 Å². The molecule has 0 aliphatic carbocycles. The number of nitrogens with zero attached hydrogens (tertiary/aromatic N) is 3. The summed E-state index contributed by atoms with van der Waals surface area (Å²) < 4.78 is 7.01. The molecule has 36 heavy (non-hydrogen) atoms. The highest BCUT2D eigenvalue weighted by Crippen LogP contribution is 2.28. The Morgan fingerprint density at radius 3 is 2.22 bits per heavy atom. The van der Waals surface area contributed by atoms with Crippen LogP contribution >= 0.6 is 0 Å². The number of benzene rings is 2. The van der Waals surface area contributed by atoms with Gasteiger partial charge in [-0.1, -0.05) is 18.2 Å². The Morgan fingerprint density at radius 1 is 0.944 bits per heavy atom. The minimum absolute atomic E-state index is 0.00730. The van der Waals surface area contributed by atoms with Crippen molar-refractivity contribution in [1.29, 1.82) is 0 Å². The highest BCUT2D eigenvalue weighted by molar-refractivity contribution is 6.39. The first kappa shape index (κ1) is 24.6. The van der Waals surface area contributed by atoms with Gasteiger partial charge in [0.2, 0.25) is 5.91 Å². The topological polar surface area (TPSA) is 115 Å². The Hall–Kier alpha value is -4.50. The molecule has 1 aromatic heterocycles. The van der Waals surface area contributed by atoms with Gasteiger partial charge in [-0.2, -0.15) is 0 Å². The van der Waals surface area contributed by atoms with Crippen LogP contribution in [-0.2, 0) is 14.3 Å². The number of carbonyl (C=O) groups is 4. The zero-order chi connectivity index (χ0) is 26.0. The molecule has 1 aliphatic rings. The van der Waals surface area contributed by atoms with Crippen LogP contribution in [0.4, 0.5) is 10.5 Å². The van der Waals surface area contributed by atoms with Gasteiger partial charge in [0.15, 0.2) is 0 Å². The lowest BCUT2D eigenvalue weighted by Gasteiger charge is -2.33. The number of nitrogens with two attached hydrogens (primary N) is 1. The number of anilines is 1. The molecule has 5 amide bonds. The number of imide groups is 2. The smallest absolute Gasteiger partial charge is 0.338 e. The number of urea groups is 1. The van der Waals surface area contributed by atoms with Crippen molar-refractivity contribution in [1.82, 2.24) is 9.47 Å². The van der Waals surface area contributed by atoms with E-state index in [1.54, 1.807) is 54.6 Å². The van der Waals surface area contributed by atoms with Crippen LogP contribution in [0.15, 0.2) is 66.2 Å². The summed E-state index contributed by atoms with van der Waals surface area (Å²) in [6, 6.07) is 16.4. The average molecular weight is 487 g/mol. The second-order valence-electron chi connectivity index (χ2n) is 8.34. The fourth-order valence-corrected chi connectivity index (χ4v) is 4.22. The third-order valence-electron chi connectivity index (χ3n) is 6.04. The van der Waals surface area contributed by atoms with Gasteiger partial charge in [-0.25, -0.2) is 9.69 Å². The van der Waals surface area contributed by atoms with Gasteiger partial charge in [0.05, 0.1) is 18.8 Å². The number of para-hydroxylation sites is 1. The molecule has 9 heteroatoms. The molecule has 0 unspecified atom stereocenters. The Morgan fingerprint density at radius 2 is 1.61 bits per heavy atom. The Labute approximate surface area is 208 Å². The van der Waals surface area contributed by atoms with E-state index in [0.29, 0.717) is 16.8 Å². The lowest BCUT2D eigenvalue weighted by molar-refractivity contribution is -0.129. The van der Waals surface area contributed by atoms with Gasteiger partial charge in [0.1, 0.15) is 5.57 Å². The molecule has 184 valence electrons. The molecule has 2 heterocycles. The molecule has 3 aromatic rings. The monoisotopic (exact) mass is 486 g/mol. The molecule has 0 bridgehead atoms. The summed E-state index contributed by atoms with van der Waals surface area (Å²) in [7, 11) is 1.47. The largest absolute Gasteiger partial charge is 0.383 e. The number of amides is 5. The molecule has 9 nitrogen and oxygen atoms in total. The molecule has 0 radical (unpaired) electrons. The van der Waals surface area contributed by atoms with Crippen LogP contribution in [-0.4, -0.2) is 53.5 Å². The molecule has 0 saturated carbocycles. The van der Waals surface area contributed by atoms with E-state index in [4.69, 9.17) is 10.5 Å². The number of barbiturate groups is 1.